The van der Waals surface area contributed by atoms with Gasteiger partial charge in [-0.15, -0.1) is 0 Å². The lowest BCUT2D eigenvalue weighted by atomic mass is 9.92. The fourth-order valence-electron chi connectivity index (χ4n) is 2.37. The number of rotatable bonds is 5. The molecule has 1 aliphatic heterocycles. The van der Waals surface area contributed by atoms with E-state index in [0.717, 1.165) is 18.6 Å². The maximum Gasteiger partial charge on any atom is 0.387 e. The van der Waals surface area contributed by atoms with E-state index in [2.05, 4.69) is 10.1 Å². The molecule has 1 heterocycles. The maximum absolute atomic E-state index is 12.2. The summed E-state index contributed by atoms with van der Waals surface area (Å²) in [5.41, 5.74) is 0.950. The lowest BCUT2D eigenvalue weighted by molar-refractivity contribution is -0.0499. The van der Waals surface area contributed by atoms with Gasteiger partial charge in [0.1, 0.15) is 5.75 Å². The predicted molar refractivity (Wildman–Crippen MR) is 63.8 cm³/mol. The average Bonchev–Trinajstić information content (AvgIpc) is 2.83. The van der Waals surface area contributed by atoms with Crippen LogP contribution < -0.4 is 10.1 Å². The van der Waals surface area contributed by atoms with Crippen molar-refractivity contribution in [1.82, 2.24) is 5.32 Å². The third-order valence-electron chi connectivity index (χ3n) is 3.19. The summed E-state index contributed by atoms with van der Waals surface area (Å²) in [6.45, 7) is -1.33. The van der Waals surface area contributed by atoms with E-state index in [1.807, 2.05) is 13.1 Å². The smallest absolute Gasteiger partial charge is 0.387 e. The molecule has 1 aromatic rings. The molecule has 0 aromatic heterocycles. The average molecular weight is 257 g/mol. The first kappa shape index (κ1) is 13.2. The summed E-state index contributed by atoms with van der Waals surface area (Å²) >= 11 is 0. The third kappa shape index (κ3) is 3.17. The molecule has 18 heavy (non-hydrogen) atoms. The number of nitrogens with one attached hydrogen (secondary N) is 1. The van der Waals surface area contributed by atoms with Crippen molar-refractivity contribution >= 4 is 0 Å². The molecule has 1 aromatic carbocycles. The van der Waals surface area contributed by atoms with Gasteiger partial charge in [-0.3, -0.25) is 0 Å². The highest BCUT2D eigenvalue weighted by atomic mass is 19.3. The number of hydrogen-bond donors (Lipinski definition) is 1. The number of halogens is 2. The molecule has 2 rings (SSSR count). The van der Waals surface area contributed by atoms with Crippen LogP contribution in [0.25, 0.3) is 0 Å². The van der Waals surface area contributed by atoms with Crippen molar-refractivity contribution in [2.75, 3.05) is 20.3 Å². The van der Waals surface area contributed by atoms with E-state index in [0.29, 0.717) is 12.5 Å². The molecule has 1 fully saturated rings. The topological polar surface area (TPSA) is 30.5 Å². The standard InChI is InChI=1S/C13H17F2NO2/c1-16-12(10-5-6-17-8-10)9-3-2-4-11(7-9)18-13(14)15/h2-4,7,10,12-13,16H,5-6,8H2,1H3. The van der Waals surface area contributed by atoms with Crippen LogP contribution in [-0.4, -0.2) is 26.9 Å². The van der Waals surface area contributed by atoms with E-state index < -0.39 is 6.61 Å². The minimum Gasteiger partial charge on any atom is -0.435 e. The van der Waals surface area contributed by atoms with Gasteiger partial charge in [0.2, 0.25) is 0 Å². The molecule has 0 amide bonds. The molecule has 0 radical (unpaired) electrons. The molecule has 3 nitrogen and oxygen atoms in total. The first-order valence-electron chi connectivity index (χ1n) is 6.00. The van der Waals surface area contributed by atoms with Crippen molar-refractivity contribution in [2.45, 2.75) is 19.1 Å². The molecule has 2 atom stereocenters. The SMILES string of the molecule is CNC(c1cccc(OC(F)F)c1)C1CCOC1. The second kappa shape index (κ2) is 6.11. The molecule has 0 aliphatic carbocycles. The van der Waals surface area contributed by atoms with Gasteiger partial charge in [0.15, 0.2) is 0 Å². The Morgan fingerprint density at radius 2 is 2.28 bits per heavy atom. The van der Waals surface area contributed by atoms with Crippen molar-refractivity contribution < 1.29 is 18.3 Å². The molecular weight excluding hydrogens is 240 g/mol. The van der Waals surface area contributed by atoms with Gasteiger partial charge in [0.25, 0.3) is 0 Å². The molecule has 1 saturated heterocycles. The van der Waals surface area contributed by atoms with Crippen molar-refractivity contribution in [3.05, 3.63) is 29.8 Å². The van der Waals surface area contributed by atoms with Gasteiger partial charge in [0, 0.05) is 18.6 Å². The van der Waals surface area contributed by atoms with Crippen LogP contribution in [-0.2, 0) is 4.74 Å². The molecular formula is C13H17F2NO2. The first-order chi connectivity index (χ1) is 8.70. The summed E-state index contributed by atoms with van der Waals surface area (Å²) in [5.74, 6) is 0.568. The highest BCUT2D eigenvalue weighted by molar-refractivity contribution is 5.31. The van der Waals surface area contributed by atoms with Crippen LogP contribution in [0, 0.1) is 5.92 Å². The van der Waals surface area contributed by atoms with Gasteiger partial charge < -0.3 is 14.8 Å². The van der Waals surface area contributed by atoms with Crippen molar-refractivity contribution in [1.29, 1.82) is 0 Å². The maximum atomic E-state index is 12.2. The minimum absolute atomic E-state index is 0.105. The Morgan fingerprint density at radius 1 is 1.44 bits per heavy atom. The monoisotopic (exact) mass is 257 g/mol. The normalized spacial score (nSPS) is 21.2. The van der Waals surface area contributed by atoms with Crippen LogP contribution in [0.5, 0.6) is 5.75 Å². The summed E-state index contributed by atoms with van der Waals surface area (Å²) in [6, 6.07) is 6.94. The van der Waals surface area contributed by atoms with Gasteiger partial charge in [-0.05, 0) is 31.2 Å². The lowest BCUT2D eigenvalue weighted by Crippen LogP contribution is -2.25. The highest BCUT2D eigenvalue weighted by Gasteiger charge is 2.26. The second-order valence-corrected chi connectivity index (χ2v) is 4.34. The summed E-state index contributed by atoms with van der Waals surface area (Å²) < 4.78 is 34.1. The Labute approximate surface area is 105 Å². The summed E-state index contributed by atoms with van der Waals surface area (Å²) in [6.07, 6.45) is 0.978. The van der Waals surface area contributed by atoms with Gasteiger partial charge in [-0.2, -0.15) is 8.78 Å². The Morgan fingerprint density at radius 3 is 2.89 bits per heavy atom. The first-order valence-corrected chi connectivity index (χ1v) is 6.00. The lowest BCUT2D eigenvalue weighted by Gasteiger charge is -2.22. The van der Waals surface area contributed by atoms with E-state index in [1.54, 1.807) is 12.1 Å². The Balaban J connectivity index is 2.14. The molecule has 5 heteroatoms. The minimum atomic E-state index is -2.79. The van der Waals surface area contributed by atoms with Crippen LogP contribution in [0.1, 0.15) is 18.0 Å². The number of ether oxygens (including phenoxy) is 2. The van der Waals surface area contributed by atoms with Crippen LogP contribution >= 0.6 is 0 Å². The Bertz CT molecular complexity index is 381. The fraction of sp³-hybridized carbons (Fsp3) is 0.538. The molecule has 1 N–H and O–H groups in total. The number of hydrogen-bond acceptors (Lipinski definition) is 3. The van der Waals surface area contributed by atoms with E-state index in [4.69, 9.17) is 4.74 Å². The third-order valence-corrected chi connectivity index (χ3v) is 3.19. The summed E-state index contributed by atoms with van der Waals surface area (Å²) in [7, 11) is 1.86. The molecule has 0 saturated carbocycles. The van der Waals surface area contributed by atoms with E-state index in [9.17, 15) is 8.78 Å². The van der Waals surface area contributed by atoms with Crippen LogP contribution in [0.2, 0.25) is 0 Å². The zero-order chi connectivity index (χ0) is 13.0. The van der Waals surface area contributed by atoms with Gasteiger partial charge in [-0.25, -0.2) is 0 Å². The van der Waals surface area contributed by atoms with Gasteiger partial charge in [0.05, 0.1) is 6.61 Å². The number of alkyl halides is 2. The van der Waals surface area contributed by atoms with E-state index in [1.165, 1.54) is 6.07 Å². The molecule has 0 bridgehead atoms. The van der Waals surface area contributed by atoms with Crippen LogP contribution in [0.15, 0.2) is 24.3 Å². The van der Waals surface area contributed by atoms with Gasteiger partial charge in [-0.1, -0.05) is 12.1 Å². The summed E-state index contributed by atoms with van der Waals surface area (Å²) in [4.78, 5) is 0. The van der Waals surface area contributed by atoms with Gasteiger partial charge >= 0.3 is 6.61 Å². The van der Waals surface area contributed by atoms with Crippen molar-refractivity contribution in [2.24, 2.45) is 5.92 Å². The molecule has 1 aliphatic rings. The Hall–Kier alpha value is -1.20. The highest BCUT2D eigenvalue weighted by Crippen LogP contribution is 2.30. The zero-order valence-corrected chi connectivity index (χ0v) is 10.2. The van der Waals surface area contributed by atoms with Crippen molar-refractivity contribution in [3.8, 4) is 5.75 Å². The fourth-order valence-corrected chi connectivity index (χ4v) is 2.37. The second-order valence-electron chi connectivity index (χ2n) is 4.34. The predicted octanol–water partition coefficient (Wildman–Crippen LogP) is 2.59. The number of benzene rings is 1. The summed E-state index contributed by atoms with van der Waals surface area (Å²) in [5, 5.41) is 3.22. The zero-order valence-electron chi connectivity index (χ0n) is 10.2. The van der Waals surface area contributed by atoms with Crippen molar-refractivity contribution in [3.63, 3.8) is 0 Å². The van der Waals surface area contributed by atoms with Crippen LogP contribution in [0.3, 0.4) is 0 Å². The van der Waals surface area contributed by atoms with Crippen LogP contribution in [0.4, 0.5) is 8.78 Å². The Kier molecular flexibility index (Phi) is 4.49. The molecule has 0 spiro atoms. The molecule has 2 unspecified atom stereocenters. The van der Waals surface area contributed by atoms with E-state index in [-0.39, 0.29) is 11.8 Å². The molecule has 100 valence electrons. The van der Waals surface area contributed by atoms with E-state index >= 15 is 0 Å². The quantitative estimate of drug-likeness (QED) is 0.879. The largest absolute Gasteiger partial charge is 0.435 e.